The maximum atomic E-state index is 12.7. The Morgan fingerprint density at radius 3 is 2.43 bits per heavy atom. The first-order chi connectivity index (χ1) is 10.8. The molecule has 1 amide bonds. The monoisotopic (exact) mass is 322 g/mol. The minimum Gasteiger partial charge on any atom is -0.378 e. The molecule has 122 valence electrons. The van der Waals surface area contributed by atoms with Crippen molar-refractivity contribution in [3.63, 3.8) is 0 Å². The summed E-state index contributed by atoms with van der Waals surface area (Å²) in [7, 11) is 3.72. The van der Waals surface area contributed by atoms with E-state index in [9.17, 15) is 18.0 Å². The van der Waals surface area contributed by atoms with Crippen molar-refractivity contribution >= 4 is 11.6 Å². The van der Waals surface area contributed by atoms with Gasteiger partial charge < -0.3 is 10.2 Å². The molecule has 0 saturated carbocycles. The zero-order valence-electron chi connectivity index (χ0n) is 12.8. The van der Waals surface area contributed by atoms with Crippen molar-refractivity contribution in [1.82, 2.24) is 5.32 Å². The van der Waals surface area contributed by atoms with E-state index in [1.165, 1.54) is 6.07 Å². The van der Waals surface area contributed by atoms with Gasteiger partial charge in [-0.05, 0) is 35.9 Å². The standard InChI is InChI=1S/C17H17F3N2O/c1-22(2)15-8-4-6-13(10-15)16(23)21-11-12-5-3-7-14(9-12)17(18,19)20/h3-10H,11H2,1-2H3,(H,21,23). The highest BCUT2D eigenvalue weighted by atomic mass is 19.4. The van der Waals surface area contributed by atoms with Gasteiger partial charge in [-0.1, -0.05) is 18.2 Å². The fraction of sp³-hybridized carbons (Fsp3) is 0.235. The molecule has 0 atom stereocenters. The van der Waals surface area contributed by atoms with E-state index in [0.29, 0.717) is 11.1 Å². The molecule has 23 heavy (non-hydrogen) atoms. The van der Waals surface area contributed by atoms with Gasteiger partial charge in [-0.15, -0.1) is 0 Å². The lowest BCUT2D eigenvalue weighted by Gasteiger charge is -2.14. The Morgan fingerprint density at radius 2 is 1.78 bits per heavy atom. The maximum Gasteiger partial charge on any atom is 0.416 e. The van der Waals surface area contributed by atoms with Crippen molar-refractivity contribution in [1.29, 1.82) is 0 Å². The predicted octanol–water partition coefficient (Wildman–Crippen LogP) is 3.70. The van der Waals surface area contributed by atoms with Gasteiger partial charge in [-0.3, -0.25) is 4.79 Å². The van der Waals surface area contributed by atoms with Gasteiger partial charge in [0.1, 0.15) is 0 Å². The largest absolute Gasteiger partial charge is 0.416 e. The molecule has 0 heterocycles. The third-order valence-electron chi connectivity index (χ3n) is 3.33. The topological polar surface area (TPSA) is 32.3 Å². The number of amides is 1. The summed E-state index contributed by atoms with van der Waals surface area (Å²) in [6, 6.07) is 11.9. The highest BCUT2D eigenvalue weighted by molar-refractivity contribution is 5.95. The Morgan fingerprint density at radius 1 is 1.09 bits per heavy atom. The summed E-state index contributed by atoms with van der Waals surface area (Å²) in [6.45, 7) is 0.0367. The molecule has 0 aliphatic rings. The molecule has 0 aliphatic heterocycles. The highest BCUT2D eigenvalue weighted by Gasteiger charge is 2.30. The second-order valence-electron chi connectivity index (χ2n) is 5.33. The highest BCUT2D eigenvalue weighted by Crippen LogP contribution is 2.29. The summed E-state index contributed by atoms with van der Waals surface area (Å²) in [5, 5.41) is 2.64. The van der Waals surface area contributed by atoms with Crippen LogP contribution >= 0.6 is 0 Å². The van der Waals surface area contributed by atoms with Gasteiger partial charge in [0.05, 0.1) is 5.56 Å². The predicted molar refractivity (Wildman–Crippen MR) is 83.4 cm³/mol. The van der Waals surface area contributed by atoms with Crippen LogP contribution < -0.4 is 10.2 Å². The fourth-order valence-electron chi connectivity index (χ4n) is 2.07. The van der Waals surface area contributed by atoms with E-state index in [-0.39, 0.29) is 12.5 Å². The van der Waals surface area contributed by atoms with E-state index < -0.39 is 11.7 Å². The molecular formula is C17H17F3N2O. The van der Waals surface area contributed by atoms with Crippen LogP contribution in [0.15, 0.2) is 48.5 Å². The number of nitrogens with one attached hydrogen (secondary N) is 1. The molecule has 0 aromatic heterocycles. The summed E-state index contributed by atoms with van der Waals surface area (Å²) in [4.78, 5) is 14.0. The third kappa shape index (κ3) is 4.48. The van der Waals surface area contributed by atoms with Gasteiger partial charge in [-0.2, -0.15) is 13.2 Å². The van der Waals surface area contributed by atoms with E-state index in [4.69, 9.17) is 0 Å². The Bertz CT molecular complexity index is 696. The molecule has 1 N–H and O–H groups in total. The van der Waals surface area contributed by atoms with Crippen molar-refractivity contribution < 1.29 is 18.0 Å². The van der Waals surface area contributed by atoms with Crippen LogP contribution in [0.5, 0.6) is 0 Å². The van der Waals surface area contributed by atoms with E-state index in [2.05, 4.69) is 5.32 Å². The molecule has 0 aliphatic carbocycles. The minimum atomic E-state index is -4.39. The summed E-state index contributed by atoms with van der Waals surface area (Å²) >= 11 is 0. The molecule has 0 spiro atoms. The van der Waals surface area contributed by atoms with Crippen LogP contribution in [-0.2, 0) is 12.7 Å². The average Bonchev–Trinajstić information content (AvgIpc) is 2.52. The first-order valence-corrected chi connectivity index (χ1v) is 6.99. The van der Waals surface area contributed by atoms with Crippen LogP contribution in [0.3, 0.4) is 0 Å². The Hall–Kier alpha value is -2.50. The molecule has 0 fully saturated rings. The summed E-state index contributed by atoms with van der Waals surface area (Å²) in [6.07, 6.45) is -4.39. The summed E-state index contributed by atoms with van der Waals surface area (Å²) in [5.74, 6) is -0.328. The lowest BCUT2D eigenvalue weighted by atomic mass is 10.1. The van der Waals surface area contributed by atoms with Gasteiger partial charge in [0, 0.05) is 31.9 Å². The summed E-state index contributed by atoms with van der Waals surface area (Å²) < 4.78 is 38.0. The average molecular weight is 322 g/mol. The van der Waals surface area contributed by atoms with Crippen molar-refractivity contribution in [3.8, 4) is 0 Å². The molecule has 6 heteroatoms. The van der Waals surface area contributed by atoms with Gasteiger partial charge >= 0.3 is 6.18 Å². The SMILES string of the molecule is CN(C)c1cccc(C(=O)NCc2cccc(C(F)(F)F)c2)c1. The van der Waals surface area contributed by atoms with E-state index in [0.717, 1.165) is 17.8 Å². The van der Waals surface area contributed by atoms with Crippen molar-refractivity contribution in [3.05, 3.63) is 65.2 Å². The smallest absolute Gasteiger partial charge is 0.378 e. The van der Waals surface area contributed by atoms with Gasteiger partial charge in [0.2, 0.25) is 0 Å². The lowest BCUT2D eigenvalue weighted by Crippen LogP contribution is -2.23. The number of carbonyl (C=O) groups excluding carboxylic acids is 1. The molecule has 0 radical (unpaired) electrons. The molecule has 2 rings (SSSR count). The second-order valence-corrected chi connectivity index (χ2v) is 5.33. The van der Waals surface area contributed by atoms with Crippen LogP contribution in [0.1, 0.15) is 21.5 Å². The number of nitrogens with zero attached hydrogens (tertiary/aromatic N) is 1. The lowest BCUT2D eigenvalue weighted by molar-refractivity contribution is -0.137. The van der Waals surface area contributed by atoms with Gasteiger partial charge in [0.25, 0.3) is 5.91 Å². The third-order valence-corrected chi connectivity index (χ3v) is 3.33. The van der Waals surface area contributed by atoms with E-state index in [1.807, 2.05) is 25.1 Å². The van der Waals surface area contributed by atoms with Crippen molar-refractivity contribution in [2.75, 3.05) is 19.0 Å². The molecule has 3 nitrogen and oxygen atoms in total. The number of hydrogen-bond acceptors (Lipinski definition) is 2. The van der Waals surface area contributed by atoms with Crippen molar-refractivity contribution in [2.45, 2.75) is 12.7 Å². The first-order valence-electron chi connectivity index (χ1n) is 6.99. The molecular weight excluding hydrogens is 305 g/mol. The van der Waals surface area contributed by atoms with Crippen LogP contribution in [0.4, 0.5) is 18.9 Å². The van der Waals surface area contributed by atoms with Crippen LogP contribution in [0, 0.1) is 0 Å². The van der Waals surface area contributed by atoms with Gasteiger partial charge in [-0.25, -0.2) is 0 Å². The van der Waals surface area contributed by atoms with Gasteiger partial charge in [0.15, 0.2) is 0 Å². The molecule has 2 aromatic carbocycles. The van der Waals surface area contributed by atoms with Crippen molar-refractivity contribution in [2.24, 2.45) is 0 Å². The summed E-state index contributed by atoms with van der Waals surface area (Å²) in [5.41, 5.74) is 1.01. The maximum absolute atomic E-state index is 12.7. The Kier molecular flexibility index (Phi) is 4.93. The van der Waals surface area contributed by atoms with E-state index >= 15 is 0 Å². The van der Waals surface area contributed by atoms with Crippen LogP contribution in [-0.4, -0.2) is 20.0 Å². The quantitative estimate of drug-likeness (QED) is 0.931. The number of halogens is 3. The first kappa shape index (κ1) is 16.9. The molecule has 0 bridgehead atoms. The number of rotatable bonds is 4. The van der Waals surface area contributed by atoms with E-state index in [1.54, 1.807) is 24.3 Å². The minimum absolute atomic E-state index is 0.0367. The normalized spacial score (nSPS) is 11.2. The number of alkyl halides is 3. The Labute approximate surface area is 132 Å². The van der Waals surface area contributed by atoms with Crippen LogP contribution in [0.2, 0.25) is 0 Å². The molecule has 0 unspecified atom stereocenters. The fourth-order valence-corrected chi connectivity index (χ4v) is 2.07. The number of anilines is 1. The van der Waals surface area contributed by atoms with Crippen LogP contribution in [0.25, 0.3) is 0 Å². The molecule has 2 aromatic rings. The zero-order valence-corrected chi connectivity index (χ0v) is 12.8. The molecule has 0 saturated heterocycles. The second kappa shape index (κ2) is 6.73. The zero-order chi connectivity index (χ0) is 17.0. The number of carbonyl (C=O) groups is 1. The Balaban J connectivity index is 2.06. The number of benzene rings is 2. The number of hydrogen-bond donors (Lipinski definition) is 1.